The highest BCUT2D eigenvalue weighted by atomic mass is 31.1. The molecule has 0 fully saturated rings. The summed E-state index contributed by atoms with van der Waals surface area (Å²) < 4.78 is 40.7. The number of hydrogen-bond acceptors (Lipinski definition) is 1. The maximum Gasteiger partial charge on any atom is 0.274 e. The van der Waals surface area contributed by atoms with Crippen LogP contribution in [0.3, 0.4) is 0 Å². The number of rotatable bonds is 6. The molecule has 2 unspecified atom stereocenters. The summed E-state index contributed by atoms with van der Waals surface area (Å²) in [6, 6.07) is 8.76. The minimum atomic E-state index is -2.93. The second-order valence-electron chi connectivity index (χ2n) is 3.53. The van der Waals surface area contributed by atoms with Gasteiger partial charge < -0.3 is 0 Å². The fourth-order valence-electron chi connectivity index (χ4n) is 1.68. The molecule has 1 aromatic rings. The van der Waals surface area contributed by atoms with E-state index in [1.165, 1.54) is 0 Å². The molecule has 1 nitrogen and oxygen atoms in total. The van der Waals surface area contributed by atoms with Gasteiger partial charge in [-0.1, -0.05) is 44.2 Å². The second-order valence-corrected chi connectivity index (χ2v) is 5.79. The van der Waals surface area contributed by atoms with Crippen molar-refractivity contribution in [2.75, 3.05) is 13.1 Å². The van der Waals surface area contributed by atoms with Crippen molar-refractivity contribution in [3.63, 3.8) is 0 Å². The van der Waals surface area contributed by atoms with Crippen LogP contribution >= 0.6 is 8.07 Å². The highest BCUT2D eigenvalue weighted by molar-refractivity contribution is 7.63. The van der Waals surface area contributed by atoms with Crippen molar-refractivity contribution >= 4 is 13.4 Å². The third kappa shape index (κ3) is 3.68. The van der Waals surface area contributed by atoms with Gasteiger partial charge in [0.15, 0.2) is 5.91 Å². The minimum Gasteiger partial charge on any atom is -0.277 e. The van der Waals surface area contributed by atoms with Crippen LogP contribution in [0.2, 0.25) is 0 Å². The Kier molecular flexibility index (Phi) is 5.93. The van der Waals surface area contributed by atoms with E-state index in [0.29, 0.717) is 18.4 Å². The molecule has 2 atom stereocenters. The molecular formula is C12H17F3NP. The number of nitrogens with zero attached hydrogens (tertiary/aromatic N) is 1. The highest BCUT2D eigenvalue weighted by Crippen LogP contribution is 2.47. The van der Waals surface area contributed by atoms with Gasteiger partial charge in [-0.2, -0.15) is 0 Å². The lowest BCUT2D eigenvalue weighted by Gasteiger charge is -2.32. The van der Waals surface area contributed by atoms with Crippen LogP contribution in [0.25, 0.3) is 0 Å². The predicted molar refractivity (Wildman–Crippen MR) is 66.8 cm³/mol. The monoisotopic (exact) mass is 263 g/mol. The van der Waals surface area contributed by atoms with E-state index < -0.39 is 20.4 Å². The molecule has 0 aliphatic rings. The first kappa shape index (κ1) is 14.5. The topological polar surface area (TPSA) is 3.24 Å². The van der Waals surface area contributed by atoms with Crippen LogP contribution in [0.4, 0.5) is 13.2 Å². The molecule has 0 aliphatic carbocycles. The van der Waals surface area contributed by atoms with E-state index in [1.807, 2.05) is 13.8 Å². The molecule has 0 saturated heterocycles. The van der Waals surface area contributed by atoms with Gasteiger partial charge in [-0.3, -0.25) is 4.67 Å². The zero-order chi connectivity index (χ0) is 12.8. The summed E-state index contributed by atoms with van der Waals surface area (Å²) in [6.45, 7) is 4.87. The Hall–Kier alpha value is -0.600. The molecule has 17 heavy (non-hydrogen) atoms. The summed E-state index contributed by atoms with van der Waals surface area (Å²) >= 11 is 0. The summed E-state index contributed by atoms with van der Waals surface area (Å²) in [5.74, 6) is -2.09. The fraction of sp³-hybridized carbons (Fsp3) is 0.500. The lowest BCUT2D eigenvalue weighted by molar-refractivity contribution is 0.0902. The van der Waals surface area contributed by atoms with Crippen LogP contribution in [0, 0.1) is 0 Å². The van der Waals surface area contributed by atoms with Crippen molar-refractivity contribution in [3.8, 4) is 0 Å². The Balaban J connectivity index is 3.02. The van der Waals surface area contributed by atoms with Gasteiger partial charge in [-0.25, -0.2) is 13.2 Å². The molecule has 0 radical (unpaired) electrons. The largest absolute Gasteiger partial charge is 0.277 e. The van der Waals surface area contributed by atoms with Gasteiger partial charge in [0.05, 0.1) is 0 Å². The van der Waals surface area contributed by atoms with E-state index >= 15 is 0 Å². The minimum absolute atomic E-state index is 0.574. The molecule has 0 aromatic heterocycles. The maximum absolute atomic E-state index is 13.7. The lowest BCUT2D eigenvalue weighted by Crippen LogP contribution is -2.30. The Morgan fingerprint density at radius 2 is 1.59 bits per heavy atom. The molecule has 0 aliphatic heterocycles. The quantitative estimate of drug-likeness (QED) is 0.709. The Morgan fingerprint density at radius 3 is 2.00 bits per heavy atom. The Bertz CT molecular complexity index is 315. The first-order chi connectivity index (χ1) is 8.11. The average molecular weight is 263 g/mol. The van der Waals surface area contributed by atoms with Crippen LogP contribution in [0.15, 0.2) is 30.3 Å². The first-order valence-corrected chi connectivity index (χ1v) is 6.99. The zero-order valence-electron chi connectivity index (χ0n) is 9.98. The SMILES string of the molecule is CCN(CC)P(c1ccccc1)C(F)C(F)F. The van der Waals surface area contributed by atoms with Gasteiger partial charge >= 0.3 is 0 Å². The van der Waals surface area contributed by atoms with E-state index in [0.717, 1.165) is 0 Å². The number of hydrogen-bond donors (Lipinski definition) is 0. The van der Waals surface area contributed by atoms with E-state index in [1.54, 1.807) is 35.0 Å². The van der Waals surface area contributed by atoms with Crippen molar-refractivity contribution in [2.24, 2.45) is 0 Å². The van der Waals surface area contributed by atoms with E-state index in [2.05, 4.69) is 0 Å². The number of benzene rings is 1. The molecular weight excluding hydrogens is 246 g/mol. The maximum atomic E-state index is 13.7. The molecule has 1 aromatic carbocycles. The fourth-order valence-corrected chi connectivity index (χ4v) is 3.90. The summed E-state index contributed by atoms with van der Waals surface area (Å²) in [5, 5.41) is 0.666. The molecule has 1 rings (SSSR count). The third-order valence-corrected chi connectivity index (χ3v) is 5.19. The molecule has 96 valence electrons. The van der Waals surface area contributed by atoms with Gasteiger partial charge in [-0.05, 0) is 18.4 Å². The van der Waals surface area contributed by atoms with Crippen molar-refractivity contribution in [2.45, 2.75) is 26.2 Å². The summed E-state index contributed by atoms with van der Waals surface area (Å²) in [4.78, 5) is 0. The molecule has 0 spiro atoms. The van der Waals surface area contributed by atoms with Crippen LogP contribution in [0.5, 0.6) is 0 Å². The molecule has 0 N–H and O–H groups in total. The normalized spacial score (nSPS) is 15.2. The van der Waals surface area contributed by atoms with Crippen molar-refractivity contribution < 1.29 is 13.2 Å². The predicted octanol–water partition coefficient (Wildman–Crippen LogP) is 3.61. The van der Waals surface area contributed by atoms with Crippen molar-refractivity contribution in [1.82, 2.24) is 4.67 Å². The standard InChI is InChI=1S/C12H17F3NP/c1-3-16(4-2)17(12(15)11(13)14)10-8-6-5-7-9-10/h5-9,11-12H,3-4H2,1-2H3. The first-order valence-electron chi connectivity index (χ1n) is 5.63. The zero-order valence-corrected chi connectivity index (χ0v) is 10.9. The molecule has 0 heterocycles. The highest BCUT2D eigenvalue weighted by Gasteiger charge is 2.34. The van der Waals surface area contributed by atoms with E-state index in [-0.39, 0.29) is 0 Å². The molecule has 0 amide bonds. The summed E-state index contributed by atoms with van der Waals surface area (Å²) in [7, 11) is -1.60. The smallest absolute Gasteiger partial charge is 0.274 e. The summed E-state index contributed by atoms with van der Waals surface area (Å²) in [6.07, 6.45) is -2.93. The summed E-state index contributed by atoms with van der Waals surface area (Å²) in [5.41, 5.74) is 0. The lowest BCUT2D eigenvalue weighted by atomic mass is 10.4. The van der Waals surface area contributed by atoms with Gasteiger partial charge in [0, 0.05) is 8.07 Å². The van der Waals surface area contributed by atoms with Crippen LogP contribution in [-0.2, 0) is 0 Å². The van der Waals surface area contributed by atoms with Crippen LogP contribution in [0.1, 0.15) is 13.8 Å². The molecule has 5 heteroatoms. The number of halogens is 3. The van der Waals surface area contributed by atoms with Crippen LogP contribution in [-0.4, -0.2) is 30.1 Å². The third-order valence-electron chi connectivity index (χ3n) is 2.50. The van der Waals surface area contributed by atoms with Crippen molar-refractivity contribution in [1.29, 1.82) is 0 Å². The van der Waals surface area contributed by atoms with Gasteiger partial charge in [-0.15, -0.1) is 0 Å². The molecule has 0 bridgehead atoms. The van der Waals surface area contributed by atoms with E-state index in [9.17, 15) is 13.2 Å². The van der Waals surface area contributed by atoms with Crippen molar-refractivity contribution in [3.05, 3.63) is 30.3 Å². The number of alkyl halides is 3. The van der Waals surface area contributed by atoms with E-state index in [4.69, 9.17) is 0 Å². The van der Waals surface area contributed by atoms with Gasteiger partial charge in [0.1, 0.15) is 0 Å². The van der Waals surface area contributed by atoms with Gasteiger partial charge in [0.2, 0.25) is 0 Å². The second kappa shape index (κ2) is 6.97. The average Bonchev–Trinajstić information content (AvgIpc) is 2.36. The molecule has 0 saturated carbocycles. The Labute approximate surface area is 101 Å². The van der Waals surface area contributed by atoms with Gasteiger partial charge in [0.25, 0.3) is 6.43 Å². The Morgan fingerprint density at radius 1 is 1.06 bits per heavy atom. The van der Waals surface area contributed by atoms with Crippen LogP contribution < -0.4 is 5.30 Å².